The molecule has 1 amide bonds. The number of hydrogen-bond donors (Lipinski definition) is 3. The van der Waals surface area contributed by atoms with E-state index in [1.807, 2.05) is 13.0 Å². The van der Waals surface area contributed by atoms with Crippen molar-refractivity contribution < 1.29 is 14.7 Å². The van der Waals surface area contributed by atoms with Gasteiger partial charge in [0.25, 0.3) is 5.91 Å². The van der Waals surface area contributed by atoms with Crippen molar-refractivity contribution in [2.24, 2.45) is 5.73 Å². The number of carbonyl (C=O) groups is 2. The highest BCUT2D eigenvalue weighted by molar-refractivity contribution is 5.99. The first kappa shape index (κ1) is 13.6. The van der Waals surface area contributed by atoms with E-state index in [1.165, 1.54) is 12.1 Å². The van der Waals surface area contributed by atoms with E-state index in [0.29, 0.717) is 16.9 Å². The van der Waals surface area contributed by atoms with E-state index in [-0.39, 0.29) is 5.56 Å². The predicted octanol–water partition coefficient (Wildman–Crippen LogP) is 2.54. The van der Waals surface area contributed by atoms with Crippen molar-refractivity contribution in [1.82, 2.24) is 0 Å². The Morgan fingerprint density at radius 3 is 2.30 bits per heavy atom. The third-order valence-corrected chi connectivity index (χ3v) is 2.85. The van der Waals surface area contributed by atoms with Gasteiger partial charge in [0.1, 0.15) is 0 Å². The molecule has 2 aromatic carbocycles. The number of anilines is 2. The Kier molecular flexibility index (Phi) is 3.70. The summed E-state index contributed by atoms with van der Waals surface area (Å²) in [4.78, 5) is 22.1. The first-order valence-electron chi connectivity index (χ1n) is 5.98. The Balaban J connectivity index is 2.31. The molecule has 0 aliphatic rings. The van der Waals surface area contributed by atoms with E-state index in [9.17, 15) is 9.59 Å². The molecule has 0 fully saturated rings. The summed E-state index contributed by atoms with van der Waals surface area (Å²) in [5, 5.41) is 11.9. The number of rotatable bonds is 4. The lowest BCUT2D eigenvalue weighted by atomic mass is 10.1. The molecule has 2 rings (SSSR count). The standard InChI is InChI=1S/C15H14N2O3/c1-9-2-7-12(14(16)18)13(8-9)17-11-5-3-10(4-6-11)15(19)20/h2-8,17H,1H3,(H2,16,18)(H,19,20). The van der Waals surface area contributed by atoms with Crippen LogP contribution in [0.4, 0.5) is 11.4 Å². The van der Waals surface area contributed by atoms with E-state index in [4.69, 9.17) is 10.8 Å². The van der Waals surface area contributed by atoms with Crippen molar-refractivity contribution in [3.05, 3.63) is 59.2 Å². The van der Waals surface area contributed by atoms with E-state index in [0.717, 1.165) is 5.56 Å². The first-order valence-corrected chi connectivity index (χ1v) is 5.98. The number of primary amides is 1. The Morgan fingerprint density at radius 2 is 1.75 bits per heavy atom. The molecule has 0 unspecified atom stereocenters. The summed E-state index contributed by atoms with van der Waals surface area (Å²) in [6.45, 7) is 1.91. The zero-order valence-electron chi connectivity index (χ0n) is 10.9. The highest BCUT2D eigenvalue weighted by atomic mass is 16.4. The number of carboxylic acid groups (broad SMARTS) is 1. The van der Waals surface area contributed by atoms with Gasteiger partial charge in [-0.25, -0.2) is 4.79 Å². The maximum atomic E-state index is 11.4. The van der Waals surface area contributed by atoms with Gasteiger partial charge >= 0.3 is 5.97 Å². The maximum absolute atomic E-state index is 11.4. The molecule has 102 valence electrons. The van der Waals surface area contributed by atoms with Crippen LogP contribution in [-0.2, 0) is 0 Å². The number of hydrogen-bond acceptors (Lipinski definition) is 3. The fraction of sp³-hybridized carbons (Fsp3) is 0.0667. The van der Waals surface area contributed by atoms with Crippen LogP contribution < -0.4 is 11.1 Å². The van der Waals surface area contributed by atoms with E-state index < -0.39 is 11.9 Å². The second-order valence-electron chi connectivity index (χ2n) is 4.42. The van der Waals surface area contributed by atoms with Crippen LogP contribution in [0.15, 0.2) is 42.5 Å². The van der Waals surface area contributed by atoms with Crippen LogP contribution >= 0.6 is 0 Å². The number of carbonyl (C=O) groups excluding carboxylic acids is 1. The number of carboxylic acids is 1. The molecule has 0 saturated carbocycles. The zero-order chi connectivity index (χ0) is 14.7. The van der Waals surface area contributed by atoms with Gasteiger partial charge in [-0.05, 0) is 48.9 Å². The van der Waals surface area contributed by atoms with Crippen molar-refractivity contribution in [3.63, 3.8) is 0 Å². The molecule has 0 aliphatic heterocycles. The van der Waals surface area contributed by atoms with Crippen LogP contribution in [0.1, 0.15) is 26.3 Å². The summed E-state index contributed by atoms with van der Waals surface area (Å²) in [6, 6.07) is 11.5. The smallest absolute Gasteiger partial charge is 0.335 e. The molecule has 0 aliphatic carbocycles. The second kappa shape index (κ2) is 5.44. The molecule has 5 nitrogen and oxygen atoms in total. The third kappa shape index (κ3) is 2.95. The summed E-state index contributed by atoms with van der Waals surface area (Å²) in [6.07, 6.45) is 0. The number of benzene rings is 2. The van der Waals surface area contributed by atoms with Crippen LogP contribution in [0.3, 0.4) is 0 Å². The Labute approximate surface area is 116 Å². The van der Waals surface area contributed by atoms with Crippen molar-refractivity contribution in [2.75, 3.05) is 5.32 Å². The molecule has 2 aromatic rings. The fourth-order valence-electron chi connectivity index (χ4n) is 1.83. The molecule has 0 bridgehead atoms. The average molecular weight is 270 g/mol. The third-order valence-electron chi connectivity index (χ3n) is 2.85. The lowest BCUT2D eigenvalue weighted by Gasteiger charge is -2.11. The molecule has 0 spiro atoms. The van der Waals surface area contributed by atoms with Crippen molar-refractivity contribution in [3.8, 4) is 0 Å². The quantitative estimate of drug-likeness (QED) is 0.796. The number of nitrogens with two attached hydrogens (primary N) is 1. The molecule has 5 heteroatoms. The number of aromatic carboxylic acids is 1. The molecule has 4 N–H and O–H groups in total. The monoisotopic (exact) mass is 270 g/mol. The maximum Gasteiger partial charge on any atom is 0.335 e. The molecule has 0 aromatic heterocycles. The molecule has 0 saturated heterocycles. The average Bonchev–Trinajstić information content (AvgIpc) is 2.39. The van der Waals surface area contributed by atoms with Gasteiger partial charge in [0, 0.05) is 5.69 Å². The van der Waals surface area contributed by atoms with E-state index >= 15 is 0 Å². The van der Waals surface area contributed by atoms with Crippen LogP contribution in [0.5, 0.6) is 0 Å². The molecule has 0 heterocycles. The van der Waals surface area contributed by atoms with E-state index in [1.54, 1.807) is 24.3 Å². The van der Waals surface area contributed by atoms with Crippen LogP contribution in [0, 0.1) is 6.92 Å². The minimum absolute atomic E-state index is 0.204. The normalized spacial score (nSPS) is 10.1. The highest BCUT2D eigenvalue weighted by Gasteiger charge is 2.09. The first-order chi connectivity index (χ1) is 9.47. The van der Waals surface area contributed by atoms with Crippen molar-refractivity contribution in [1.29, 1.82) is 0 Å². The summed E-state index contributed by atoms with van der Waals surface area (Å²) in [5.41, 5.74) is 8.18. The van der Waals surface area contributed by atoms with Gasteiger partial charge in [-0.15, -0.1) is 0 Å². The second-order valence-corrected chi connectivity index (χ2v) is 4.42. The highest BCUT2D eigenvalue weighted by Crippen LogP contribution is 2.22. The zero-order valence-corrected chi connectivity index (χ0v) is 10.9. The fourth-order valence-corrected chi connectivity index (χ4v) is 1.83. The largest absolute Gasteiger partial charge is 0.478 e. The van der Waals surface area contributed by atoms with Crippen LogP contribution in [0.25, 0.3) is 0 Å². The Hall–Kier alpha value is -2.82. The predicted molar refractivity (Wildman–Crippen MR) is 76.4 cm³/mol. The molecular weight excluding hydrogens is 256 g/mol. The van der Waals surface area contributed by atoms with Crippen molar-refractivity contribution >= 4 is 23.3 Å². The molecule has 20 heavy (non-hydrogen) atoms. The van der Waals surface area contributed by atoms with Gasteiger partial charge in [0.05, 0.1) is 16.8 Å². The Morgan fingerprint density at radius 1 is 1.10 bits per heavy atom. The van der Waals surface area contributed by atoms with Crippen molar-refractivity contribution in [2.45, 2.75) is 6.92 Å². The molecule has 0 radical (unpaired) electrons. The summed E-state index contributed by atoms with van der Waals surface area (Å²) in [5.74, 6) is -1.50. The lowest BCUT2D eigenvalue weighted by Crippen LogP contribution is -2.13. The van der Waals surface area contributed by atoms with Crippen LogP contribution in [0.2, 0.25) is 0 Å². The number of amides is 1. The molecule has 0 atom stereocenters. The van der Waals surface area contributed by atoms with Gasteiger partial charge in [0.15, 0.2) is 0 Å². The van der Waals surface area contributed by atoms with E-state index in [2.05, 4.69) is 5.32 Å². The Bertz CT molecular complexity index is 663. The summed E-state index contributed by atoms with van der Waals surface area (Å²) < 4.78 is 0. The topological polar surface area (TPSA) is 92.4 Å². The minimum atomic E-state index is -0.982. The minimum Gasteiger partial charge on any atom is -0.478 e. The van der Waals surface area contributed by atoms with Gasteiger partial charge in [-0.1, -0.05) is 6.07 Å². The number of aryl methyl sites for hydroxylation is 1. The number of nitrogens with one attached hydrogen (secondary N) is 1. The van der Waals surface area contributed by atoms with Gasteiger partial charge in [-0.2, -0.15) is 0 Å². The summed E-state index contributed by atoms with van der Waals surface area (Å²) in [7, 11) is 0. The SMILES string of the molecule is Cc1ccc(C(N)=O)c(Nc2ccc(C(=O)O)cc2)c1. The lowest BCUT2D eigenvalue weighted by molar-refractivity contribution is 0.0696. The van der Waals surface area contributed by atoms with Gasteiger partial charge < -0.3 is 16.2 Å². The van der Waals surface area contributed by atoms with Gasteiger partial charge in [0.2, 0.25) is 0 Å². The summed E-state index contributed by atoms with van der Waals surface area (Å²) >= 11 is 0. The molecular formula is C15H14N2O3. The van der Waals surface area contributed by atoms with Crippen LogP contribution in [-0.4, -0.2) is 17.0 Å². The van der Waals surface area contributed by atoms with Gasteiger partial charge in [-0.3, -0.25) is 4.79 Å².